The SMILES string of the molecule is O=c1[nH]c2cccnc2n1CC1CCN(c2nc3cnccc3s2)CC1. The van der Waals surface area contributed by atoms with Crippen LogP contribution in [0.5, 0.6) is 0 Å². The van der Waals surface area contributed by atoms with Crippen LogP contribution >= 0.6 is 11.3 Å². The number of hydrogen-bond acceptors (Lipinski definition) is 6. The molecule has 5 heterocycles. The fraction of sp³-hybridized carbons (Fsp3) is 0.333. The lowest BCUT2D eigenvalue weighted by molar-refractivity contribution is 0.356. The van der Waals surface area contributed by atoms with Crippen molar-refractivity contribution in [2.45, 2.75) is 19.4 Å². The molecule has 1 saturated heterocycles. The van der Waals surface area contributed by atoms with Crippen LogP contribution in [-0.2, 0) is 6.54 Å². The summed E-state index contributed by atoms with van der Waals surface area (Å²) in [6.45, 7) is 2.64. The summed E-state index contributed by atoms with van der Waals surface area (Å²) < 4.78 is 2.95. The number of pyridine rings is 2. The number of nitrogens with zero attached hydrogens (tertiary/aromatic N) is 5. The fourth-order valence-electron chi connectivity index (χ4n) is 3.63. The summed E-state index contributed by atoms with van der Waals surface area (Å²) in [6.07, 6.45) is 7.44. The third-order valence-electron chi connectivity index (χ3n) is 5.03. The first-order valence-electron chi connectivity index (χ1n) is 8.77. The molecular weight excluding hydrogens is 348 g/mol. The molecule has 4 aromatic heterocycles. The molecular formula is C18H18N6OS. The Kier molecular flexibility index (Phi) is 3.70. The number of aromatic nitrogens is 5. The number of H-pyrrole nitrogens is 1. The molecule has 0 amide bonds. The lowest BCUT2D eigenvalue weighted by Crippen LogP contribution is -2.36. The van der Waals surface area contributed by atoms with Crippen molar-refractivity contribution in [3.05, 3.63) is 47.3 Å². The molecule has 0 radical (unpaired) electrons. The van der Waals surface area contributed by atoms with Gasteiger partial charge in [-0.2, -0.15) is 0 Å². The number of thiazole rings is 1. The molecule has 132 valence electrons. The van der Waals surface area contributed by atoms with Gasteiger partial charge in [-0.3, -0.25) is 9.55 Å². The Morgan fingerprint density at radius 3 is 2.96 bits per heavy atom. The highest BCUT2D eigenvalue weighted by Crippen LogP contribution is 2.31. The molecule has 0 atom stereocenters. The highest BCUT2D eigenvalue weighted by Gasteiger charge is 2.23. The molecule has 0 spiro atoms. The lowest BCUT2D eigenvalue weighted by atomic mass is 9.97. The van der Waals surface area contributed by atoms with Gasteiger partial charge in [-0.15, -0.1) is 0 Å². The van der Waals surface area contributed by atoms with E-state index in [1.54, 1.807) is 22.1 Å². The summed E-state index contributed by atoms with van der Waals surface area (Å²) in [5.74, 6) is 0.473. The molecule has 4 aromatic rings. The standard InChI is InChI=1S/C18H18N6OS/c25-17-21-13-2-1-6-20-16(13)24(17)11-12-4-8-23(9-5-12)18-22-14-10-19-7-3-15(14)26-18/h1-3,6-7,10,12H,4-5,8-9,11H2,(H,21,25). The Bertz CT molecular complexity index is 1090. The Hall–Kier alpha value is -2.74. The number of fused-ring (bicyclic) bond motifs is 2. The van der Waals surface area contributed by atoms with Crippen molar-refractivity contribution < 1.29 is 0 Å². The maximum absolute atomic E-state index is 12.2. The van der Waals surface area contributed by atoms with E-state index in [2.05, 4.69) is 19.9 Å². The van der Waals surface area contributed by atoms with E-state index < -0.39 is 0 Å². The number of anilines is 1. The predicted molar refractivity (Wildman–Crippen MR) is 103 cm³/mol. The van der Waals surface area contributed by atoms with Crippen molar-refractivity contribution in [3.8, 4) is 0 Å². The summed E-state index contributed by atoms with van der Waals surface area (Å²) in [4.78, 5) is 30.7. The molecule has 0 saturated carbocycles. The number of piperidine rings is 1. The van der Waals surface area contributed by atoms with Crippen LogP contribution in [0.3, 0.4) is 0 Å². The van der Waals surface area contributed by atoms with Crippen LogP contribution in [0.15, 0.2) is 41.6 Å². The Balaban J connectivity index is 1.31. The number of aromatic amines is 1. The lowest BCUT2D eigenvalue weighted by Gasteiger charge is -2.31. The van der Waals surface area contributed by atoms with Crippen LogP contribution in [-0.4, -0.2) is 37.6 Å². The first-order chi connectivity index (χ1) is 12.8. The van der Waals surface area contributed by atoms with Gasteiger partial charge in [0.15, 0.2) is 10.8 Å². The third-order valence-corrected chi connectivity index (χ3v) is 6.13. The van der Waals surface area contributed by atoms with Gasteiger partial charge < -0.3 is 9.88 Å². The topological polar surface area (TPSA) is 79.7 Å². The number of hydrogen-bond donors (Lipinski definition) is 1. The van der Waals surface area contributed by atoms with E-state index in [4.69, 9.17) is 4.98 Å². The summed E-state index contributed by atoms with van der Waals surface area (Å²) >= 11 is 1.72. The van der Waals surface area contributed by atoms with Gasteiger partial charge in [0, 0.05) is 32.0 Å². The van der Waals surface area contributed by atoms with Gasteiger partial charge >= 0.3 is 5.69 Å². The van der Waals surface area contributed by atoms with Gasteiger partial charge in [0.1, 0.15) is 5.52 Å². The molecule has 7 nitrogen and oxygen atoms in total. The van der Waals surface area contributed by atoms with Gasteiger partial charge in [0.2, 0.25) is 0 Å². The molecule has 5 rings (SSSR count). The van der Waals surface area contributed by atoms with Gasteiger partial charge in [-0.1, -0.05) is 11.3 Å². The summed E-state index contributed by atoms with van der Waals surface area (Å²) in [5.41, 5.74) is 2.45. The average Bonchev–Trinajstić information content (AvgIpc) is 3.24. The average molecular weight is 366 g/mol. The smallest absolute Gasteiger partial charge is 0.327 e. The van der Waals surface area contributed by atoms with E-state index >= 15 is 0 Å². The highest BCUT2D eigenvalue weighted by molar-refractivity contribution is 7.22. The predicted octanol–water partition coefficient (Wildman–Crippen LogP) is 2.65. The Morgan fingerprint density at radius 1 is 1.23 bits per heavy atom. The van der Waals surface area contributed by atoms with E-state index in [-0.39, 0.29) is 5.69 Å². The first-order valence-corrected chi connectivity index (χ1v) is 9.58. The van der Waals surface area contributed by atoms with Gasteiger partial charge in [-0.25, -0.2) is 14.8 Å². The minimum atomic E-state index is -0.0696. The largest absolute Gasteiger partial charge is 0.348 e. The second-order valence-electron chi connectivity index (χ2n) is 6.69. The van der Waals surface area contributed by atoms with Crippen LogP contribution in [0.4, 0.5) is 5.13 Å². The minimum Gasteiger partial charge on any atom is -0.348 e. The second kappa shape index (κ2) is 6.21. The number of nitrogens with one attached hydrogen (secondary N) is 1. The van der Waals surface area contributed by atoms with Gasteiger partial charge in [0.25, 0.3) is 0 Å². The van der Waals surface area contributed by atoms with Crippen molar-refractivity contribution in [1.82, 2.24) is 24.5 Å². The molecule has 1 N–H and O–H groups in total. The molecule has 1 aliphatic heterocycles. The zero-order chi connectivity index (χ0) is 17.5. The molecule has 8 heteroatoms. The molecule has 0 unspecified atom stereocenters. The molecule has 0 aromatic carbocycles. The van der Waals surface area contributed by atoms with E-state index in [1.807, 2.05) is 30.6 Å². The molecule has 26 heavy (non-hydrogen) atoms. The first kappa shape index (κ1) is 15.5. The maximum atomic E-state index is 12.2. The molecule has 1 aliphatic rings. The van der Waals surface area contributed by atoms with E-state index in [0.29, 0.717) is 12.5 Å². The van der Waals surface area contributed by atoms with Crippen LogP contribution in [0.2, 0.25) is 0 Å². The van der Waals surface area contributed by atoms with E-state index in [1.165, 1.54) is 4.70 Å². The molecule has 0 bridgehead atoms. The summed E-state index contributed by atoms with van der Waals surface area (Å²) in [7, 11) is 0. The third kappa shape index (κ3) is 2.66. The second-order valence-corrected chi connectivity index (χ2v) is 7.69. The monoisotopic (exact) mass is 366 g/mol. The van der Waals surface area contributed by atoms with Crippen LogP contribution in [0, 0.1) is 5.92 Å². The van der Waals surface area contributed by atoms with Crippen LogP contribution in [0.1, 0.15) is 12.8 Å². The minimum absolute atomic E-state index is 0.0696. The van der Waals surface area contributed by atoms with Crippen LogP contribution < -0.4 is 10.6 Å². The Labute approximate surface area is 153 Å². The summed E-state index contributed by atoms with van der Waals surface area (Å²) in [6, 6.07) is 5.75. The number of rotatable bonds is 3. The number of imidazole rings is 1. The normalized spacial score (nSPS) is 15.9. The molecule has 0 aliphatic carbocycles. The molecule has 1 fully saturated rings. The van der Waals surface area contributed by atoms with Crippen molar-refractivity contribution >= 4 is 37.8 Å². The van der Waals surface area contributed by atoms with Gasteiger partial charge in [0.05, 0.1) is 16.4 Å². The summed E-state index contributed by atoms with van der Waals surface area (Å²) in [5, 5.41) is 1.07. The quantitative estimate of drug-likeness (QED) is 0.603. The fourth-order valence-corrected chi connectivity index (χ4v) is 4.61. The van der Waals surface area contributed by atoms with Crippen LogP contribution in [0.25, 0.3) is 21.4 Å². The van der Waals surface area contributed by atoms with Crippen molar-refractivity contribution in [2.24, 2.45) is 5.92 Å². The zero-order valence-corrected chi connectivity index (χ0v) is 14.9. The van der Waals surface area contributed by atoms with E-state index in [0.717, 1.165) is 47.7 Å². The van der Waals surface area contributed by atoms with Gasteiger partial charge in [-0.05, 0) is 37.0 Å². The maximum Gasteiger partial charge on any atom is 0.327 e. The van der Waals surface area contributed by atoms with Crippen molar-refractivity contribution in [1.29, 1.82) is 0 Å². The zero-order valence-electron chi connectivity index (χ0n) is 14.1. The Morgan fingerprint density at radius 2 is 2.12 bits per heavy atom. The van der Waals surface area contributed by atoms with Crippen molar-refractivity contribution in [3.63, 3.8) is 0 Å². The van der Waals surface area contributed by atoms with E-state index in [9.17, 15) is 4.79 Å². The van der Waals surface area contributed by atoms with Crippen molar-refractivity contribution in [2.75, 3.05) is 18.0 Å². The highest BCUT2D eigenvalue weighted by atomic mass is 32.1.